The van der Waals surface area contributed by atoms with Crippen LogP contribution in [-0.2, 0) is 0 Å². The Hall–Kier alpha value is -1.22. The molecule has 3 heteroatoms. The van der Waals surface area contributed by atoms with Crippen LogP contribution in [0.3, 0.4) is 0 Å². The third kappa shape index (κ3) is 1.43. The number of hydrogen-bond acceptors (Lipinski definition) is 3. The Balaban J connectivity index is 3.24. The standard InChI is InChI=1S/C8H11N2O/c1-5-3-6(2)8(9)7(4-5)10-11/h3-4,10H,9H2,1-2H3/q-1. The molecular weight excluding hydrogens is 140 g/mol. The van der Waals surface area contributed by atoms with Gasteiger partial charge in [-0.25, -0.2) is 0 Å². The Labute approximate surface area is 65.8 Å². The number of rotatable bonds is 1. The summed E-state index contributed by atoms with van der Waals surface area (Å²) < 4.78 is 0. The van der Waals surface area contributed by atoms with E-state index in [4.69, 9.17) is 5.73 Å². The summed E-state index contributed by atoms with van der Waals surface area (Å²) in [4.78, 5) is 0. The molecule has 1 rings (SSSR count). The first-order valence-electron chi connectivity index (χ1n) is 3.40. The minimum Gasteiger partial charge on any atom is -0.761 e. The van der Waals surface area contributed by atoms with Crippen LogP contribution in [0.15, 0.2) is 12.1 Å². The normalized spacial score (nSPS) is 9.73. The van der Waals surface area contributed by atoms with Crippen molar-refractivity contribution in [1.82, 2.24) is 0 Å². The molecule has 3 nitrogen and oxygen atoms in total. The molecule has 0 heterocycles. The Morgan fingerprint density at radius 1 is 1.36 bits per heavy atom. The summed E-state index contributed by atoms with van der Waals surface area (Å²) in [6.45, 7) is 3.80. The van der Waals surface area contributed by atoms with Crippen molar-refractivity contribution in [3.63, 3.8) is 0 Å². The van der Waals surface area contributed by atoms with Crippen molar-refractivity contribution in [2.45, 2.75) is 13.8 Å². The number of nitrogens with one attached hydrogen (secondary N) is 1. The fourth-order valence-corrected chi connectivity index (χ4v) is 1.06. The van der Waals surface area contributed by atoms with Crippen molar-refractivity contribution in [3.8, 4) is 0 Å². The van der Waals surface area contributed by atoms with Gasteiger partial charge in [0.15, 0.2) is 0 Å². The zero-order valence-corrected chi connectivity index (χ0v) is 6.64. The van der Waals surface area contributed by atoms with Gasteiger partial charge in [0.05, 0.1) is 5.69 Å². The van der Waals surface area contributed by atoms with Crippen LogP contribution in [-0.4, -0.2) is 0 Å². The van der Waals surface area contributed by atoms with E-state index in [0.717, 1.165) is 11.1 Å². The lowest BCUT2D eigenvalue weighted by atomic mass is 10.1. The molecule has 1 aromatic carbocycles. The smallest absolute Gasteiger partial charge is 0.0571 e. The monoisotopic (exact) mass is 151 g/mol. The predicted octanol–water partition coefficient (Wildman–Crippen LogP) is 1.80. The van der Waals surface area contributed by atoms with Gasteiger partial charge in [-0.15, -0.1) is 0 Å². The lowest BCUT2D eigenvalue weighted by molar-refractivity contribution is 1.38. The van der Waals surface area contributed by atoms with E-state index in [2.05, 4.69) is 0 Å². The Bertz CT molecular complexity index is 271. The number of hydrogen-bond donors (Lipinski definition) is 2. The summed E-state index contributed by atoms with van der Waals surface area (Å²) in [5, 5.41) is 10.3. The highest BCUT2D eigenvalue weighted by atomic mass is 16.5. The lowest BCUT2D eigenvalue weighted by Gasteiger charge is -2.14. The van der Waals surface area contributed by atoms with Gasteiger partial charge in [-0.3, -0.25) is 0 Å². The van der Waals surface area contributed by atoms with E-state index in [9.17, 15) is 5.21 Å². The minimum absolute atomic E-state index is 0.461. The third-order valence-corrected chi connectivity index (χ3v) is 1.64. The number of nitrogens with two attached hydrogens (primary N) is 1. The molecule has 11 heavy (non-hydrogen) atoms. The highest BCUT2D eigenvalue weighted by Gasteiger charge is 1.98. The Morgan fingerprint density at radius 3 is 2.55 bits per heavy atom. The zero-order chi connectivity index (χ0) is 8.43. The largest absolute Gasteiger partial charge is 0.761 e. The number of anilines is 2. The van der Waals surface area contributed by atoms with E-state index in [1.807, 2.05) is 19.9 Å². The predicted molar refractivity (Wildman–Crippen MR) is 47.3 cm³/mol. The Kier molecular flexibility index (Phi) is 2.01. The van der Waals surface area contributed by atoms with Crippen LogP contribution in [0.25, 0.3) is 0 Å². The van der Waals surface area contributed by atoms with Gasteiger partial charge in [0.25, 0.3) is 0 Å². The molecule has 0 saturated carbocycles. The second kappa shape index (κ2) is 2.80. The maximum absolute atomic E-state index is 10.3. The van der Waals surface area contributed by atoms with Crippen LogP contribution < -0.4 is 11.2 Å². The SMILES string of the molecule is Cc1cc(C)c(N)c(N[O-])c1. The first-order valence-corrected chi connectivity index (χ1v) is 3.40. The van der Waals surface area contributed by atoms with E-state index in [0.29, 0.717) is 11.4 Å². The van der Waals surface area contributed by atoms with Gasteiger partial charge in [0.2, 0.25) is 0 Å². The topological polar surface area (TPSA) is 61.1 Å². The van der Waals surface area contributed by atoms with Crippen molar-refractivity contribution >= 4 is 11.4 Å². The zero-order valence-electron chi connectivity index (χ0n) is 6.64. The fraction of sp³-hybridized carbons (Fsp3) is 0.250. The van der Waals surface area contributed by atoms with Gasteiger partial charge >= 0.3 is 0 Å². The summed E-state index contributed by atoms with van der Waals surface area (Å²) in [7, 11) is 0. The molecular formula is C8H11N2O-. The van der Waals surface area contributed by atoms with Gasteiger partial charge in [-0.1, -0.05) is 6.07 Å². The minimum atomic E-state index is 0.461. The average molecular weight is 151 g/mol. The van der Waals surface area contributed by atoms with E-state index in [1.54, 1.807) is 11.5 Å². The van der Waals surface area contributed by atoms with Gasteiger partial charge < -0.3 is 16.4 Å². The highest BCUT2D eigenvalue weighted by Crippen LogP contribution is 2.23. The molecule has 0 radical (unpaired) electrons. The van der Waals surface area contributed by atoms with Crippen LogP contribution in [0.5, 0.6) is 0 Å². The van der Waals surface area contributed by atoms with Crippen molar-refractivity contribution in [2.75, 3.05) is 11.2 Å². The van der Waals surface area contributed by atoms with Crippen molar-refractivity contribution < 1.29 is 0 Å². The highest BCUT2D eigenvalue weighted by molar-refractivity contribution is 5.71. The molecule has 0 aromatic heterocycles. The summed E-state index contributed by atoms with van der Waals surface area (Å²) in [5.41, 5.74) is 10.4. The summed E-state index contributed by atoms with van der Waals surface area (Å²) in [6.07, 6.45) is 0. The summed E-state index contributed by atoms with van der Waals surface area (Å²) >= 11 is 0. The molecule has 1 aromatic rings. The first-order chi connectivity index (χ1) is 5.15. The first kappa shape index (κ1) is 7.88. The van der Waals surface area contributed by atoms with E-state index >= 15 is 0 Å². The maximum Gasteiger partial charge on any atom is 0.0571 e. The second-order valence-electron chi connectivity index (χ2n) is 2.65. The molecule has 0 aliphatic rings. The average Bonchev–Trinajstić information content (AvgIpc) is 1.96. The molecule has 0 aliphatic carbocycles. The van der Waals surface area contributed by atoms with Crippen LogP contribution >= 0.6 is 0 Å². The molecule has 3 N–H and O–H groups in total. The molecule has 0 unspecified atom stereocenters. The fourth-order valence-electron chi connectivity index (χ4n) is 1.06. The van der Waals surface area contributed by atoms with Crippen molar-refractivity contribution in [2.24, 2.45) is 0 Å². The van der Waals surface area contributed by atoms with E-state index in [-0.39, 0.29) is 0 Å². The number of aryl methyl sites for hydroxylation is 2. The second-order valence-corrected chi connectivity index (χ2v) is 2.65. The molecule has 0 bridgehead atoms. The molecule has 0 fully saturated rings. The molecule has 0 spiro atoms. The summed E-state index contributed by atoms with van der Waals surface area (Å²) in [5.74, 6) is 0. The van der Waals surface area contributed by atoms with Crippen LogP contribution in [0.2, 0.25) is 0 Å². The quantitative estimate of drug-likeness (QED) is 0.475. The van der Waals surface area contributed by atoms with Gasteiger partial charge in [0.1, 0.15) is 0 Å². The third-order valence-electron chi connectivity index (χ3n) is 1.64. The van der Waals surface area contributed by atoms with E-state index in [1.165, 1.54) is 0 Å². The van der Waals surface area contributed by atoms with Crippen molar-refractivity contribution in [3.05, 3.63) is 28.5 Å². The van der Waals surface area contributed by atoms with Gasteiger partial charge in [-0.2, -0.15) is 0 Å². The summed E-state index contributed by atoms with van der Waals surface area (Å²) in [6, 6.07) is 3.67. The van der Waals surface area contributed by atoms with Crippen molar-refractivity contribution in [1.29, 1.82) is 0 Å². The Morgan fingerprint density at radius 2 is 2.00 bits per heavy atom. The lowest BCUT2D eigenvalue weighted by Crippen LogP contribution is -1.97. The molecule has 0 saturated heterocycles. The molecule has 0 aliphatic heterocycles. The van der Waals surface area contributed by atoms with Gasteiger partial charge in [0, 0.05) is 5.69 Å². The van der Waals surface area contributed by atoms with Crippen LogP contribution in [0.1, 0.15) is 11.1 Å². The molecule has 0 amide bonds. The van der Waals surface area contributed by atoms with Gasteiger partial charge in [-0.05, 0) is 31.0 Å². The number of nitrogen functional groups attached to an aromatic ring is 1. The van der Waals surface area contributed by atoms with E-state index < -0.39 is 0 Å². The maximum atomic E-state index is 10.3. The molecule has 60 valence electrons. The number of benzene rings is 1. The van der Waals surface area contributed by atoms with Crippen LogP contribution in [0.4, 0.5) is 11.4 Å². The molecule has 0 atom stereocenters. The van der Waals surface area contributed by atoms with Crippen LogP contribution in [0, 0.1) is 19.1 Å².